The van der Waals surface area contributed by atoms with E-state index in [1.165, 1.54) is 0 Å². The van der Waals surface area contributed by atoms with Crippen LogP contribution < -0.4 is 10.4 Å². The lowest BCUT2D eigenvalue weighted by atomic mass is 10.0. The maximum Gasteiger partial charge on any atom is 0.348 e. The van der Waals surface area contributed by atoms with Crippen molar-refractivity contribution in [2.75, 3.05) is 39.5 Å². The van der Waals surface area contributed by atoms with Crippen molar-refractivity contribution in [1.29, 1.82) is 0 Å². The van der Waals surface area contributed by atoms with E-state index in [1.807, 2.05) is 42.5 Å². The molecule has 0 N–H and O–H groups in total. The van der Waals surface area contributed by atoms with E-state index in [9.17, 15) is 4.79 Å². The maximum absolute atomic E-state index is 12.8. The minimum absolute atomic E-state index is 0.290. The van der Waals surface area contributed by atoms with E-state index in [4.69, 9.17) is 25.5 Å². The number of fused-ring (bicyclic) bond motifs is 1. The van der Waals surface area contributed by atoms with E-state index in [-0.39, 0.29) is 0 Å². The summed E-state index contributed by atoms with van der Waals surface area (Å²) in [6.07, 6.45) is 0. The molecule has 0 amide bonds. The fourth-order valence-corrected chi connectivity index (χ4v) is 3.88. The van der Waals surface area contributed by atoms with Gasteiger partial charge in [0.2, 0.25) is 0 Å². The molecule has 1 atom stereocenters. The van der Waals surface area contributed by atoms with Crippen molar-refractivity contribution >= 4 is 22.6 Å². The number of morpholine rings is 1. The van der Waals surface area contributed by atoms with Crippen molar-refractivity contribution in [2.45, 2.75) is 6.92 Å². The van der Waals surface area contributed by atoms with Gasteiger partial charge < -0.3 is 13.9 Å². The van der Waals surface area contributed by atoms with Crippen molar-refractivity contribution in [3.63, 3.8) is 0 Å². The highest BCUT2D eigenvalue weighted by molar-refractivity contribution is 6.35. The normalized spacial score (nSPS) is 16.1. The second-order valence-corrected chi connectivity index (χ2v) is 7.81. The number of ether oxygens (including phenoxy) is 2. The first-order valence-corrected chi connectivity index (χ1v) is 10.2. The summed E-state index contributed by atoms with van der Waals surface area (Å²) in [7, 11) is 0. The first-order chi connectivity index (χ1) is 14.1. The lowest BCUT2D eigenvalue weighted by Gasteiger charge is -2.29. The molecule has 1 aliphatic rings. The number of hydrogen-bond acceptors (Lipinski definition) is 5. The van der Waals surface area contributed by atoms with Gasteiger partial charge in [0.15, 0.2) is 5.58 Å². The van der Waals surface area contributed by atoms with Gasteiger partial charge in [-0.25, -0.2) is 4.79 Å². The Bertz CT molecular complexity index is 1030. The summed E-state index contributed by atoms with van der Waals surface area (Å²) in [4.78, 5) is 15.2. The summed E-state index contributed by atoms with van der Waals surface area (Å²) in [5, 5.41) is 1.10. The zero-order valence-corrected chi connectivity index (χ0v) is 17.2. The number of halogens is 1. The Morgan fingerprint density at radius 3 is 2.62 bits per heavy atom. The second-order valence-electron chi connectivity index (χ2n) is 7.41. The van der Waals surface area contributed by atoms with E-state index >= 15 is 0 Å². The van der Waals surface area contributed by atoms with E-state index < -0.39 is 5.63 Å². The first-order valence-electron chi connectivity index (χ1n) is 9.87. The number of para-hydroxylation sites is 1. The lowest BCUT2D eigenvalue weighted by Crippen LogP contribution is -2.39. The van der Waals surface area contributed by atoms with Gasteiger partial charge in [-0.1, -0.05) is 54.9 Å². The van der Waals surface area contributed by atoms with Gasteiger partial charge in [0.25, 0.3) is 0 Å². The molecule has 152 valence electrons. The number of nitrogens with zero attached hydrogens (tertiary/aromatic N) is 1. The highest BCUT2D eigenvalue weighted by atomic mass is 35.5. The Balaban J connectivity index is 1.67. The van der Waals surface area contributed by atoms with Gasteiger partial charge in [0.05, 0.1) is 30.2 Å². The standard InChI is InChI=1S/C23H24ClNO4/c1-16(14-25-10-12-27-13-11-25)15-28-22-18-8-5-9-19(24)21(18)29-23(26)20(22)17-6-3-2-4-7-17/h2-9,16H,10-15H2,1H3. The Hall–Kier alpha value is -2.34. The maximum atomic E-state index is 12.8. The van der Waals surface area contributed by atoms with Crippen LogP contribution in [-0.4, -0.2) is 44.4 Å². The summed E-state index contributed by atoms with van der Waals surface area (Å²) < 4.78 is 17.2. The molecule has 1 saturated heterocycles. The van der Waals surface area contributed by atoms with Crippen LogP contribution in [0, 0.1) is 5.92 Å². The molecule has 0 bridgehead atoms. The minimum Gasteiger partial charge on any atom is -0.492 e. The minimum atomic E-state index is -0.451. The zero-order chi connectivity index (χ0) is 20.2. The van der Waals surface area contributed by atoms with Gasteiger partial charge in [0.1, 0.15) is 11.3 Å². The second kappa shape index (κ2) is 8.99. The highest BCUT2D eigenvalue weighted by Crippen LogP contribution is 2.36. The van der Waals surface area contributed by atoms with Gasteiger partial charge in [-0.3, -0.25) is 4.90 Å². The van der Waals surface area contributed by atoms with Crippen LogP contribution in [0.15, 0.2) is 57.7 Å². The monoisotopic (exact) mass is 413 g/mol. The molecule has 4 rings (SSSR count). The molecule has 3 aromatic rings. The molecular formula is C23H24ClNO4. The molecular weight excluding hydrogens is 390 g/mol. The summed E-state index contributed by atoms with van der Waals surface area (Å²) >= 11 is 6.28. The van der Waals surface area contributed by atoms with Crippen LogP contribution in [-0.2, 0) is 4.74 Å². The van der Waals surface area contributed by atoms with E-state index in [1.54, 1.807) is 6.07 Å². The van der Waals surface area contributed by atoms with Crippen LogP contribution in [0.3, 0.4) is 0 Å². The van der Waals surface area contributed by atoms with Gasteiger partial charge in [-0.2, -0.15) is 0 Å². The van der Waals surface area contributed by atoms with Gasteiger partial charge in [-0.05, 0) is 17.7 Å². The van der Waals surface area contributed by atoms with Crippen molar-refractivity contribution in [1.82, 2.24) is 4.90 Å². The van der Waals surface area contributed by atoms with Gasteiger partial charge in [-0.15, -0.1) is 0 Å². The molecule has 1 fully saturated rings. The van der Waals surface area contributed by atoms with E-state index in [0.29, 0.717) is 39.8 Å². The number of benzene rings is 2. The Morgan fingerprint density at radius 1 is 1.10 bits per heavy atom. The van der Waals surface area contributed by atoms with Crippen LogP contribution in [0.5, 0.6) is 5.75 Å². The molecule has 0 saturated carbocycles. The van der Waals surface area contributed by atoms with Crippen molar-refractivity contribution < 1.29 is 13.9 Å². The molecule has 1 aromatic heterocycles. The quantitative estimate of drug-likeness (QED) is 0.558. The largest absolute Gasteiger partial charge is 0.492 e. The zero-order valence-electron chi connectivity index (χ0n) is 16.4. The molecule has 0 radical (unpaired) electrons. The summed E-state index contributed by atoms with van der Waals surface area (Å²) in [6, 6.07) is 14.9. The van der Waals surface area contributed by atoms with E-state index in [2.05, 4.69) is 11.8 Å². The third-order valence-electron chi connectivity index (χ3n) is 5.09. The summed E-state index contributed by atoms with van der Waals surface area (Å²) in [6.45, 7) is 6.98. The van der Waals surface area contributed by atoms with E-state index in [0.717, 1.165) is 38.4 Å². The average Bonchev–Trinajstić information content (AvgIpc) is 2.74. The average molecular weight is 414 g/mol. The Labute approximate surface area is 174 Å². The molecule has 1 unspecified atom stereocenters. The van der Waals surface area contributed by atoms with Crippen LogP contribution in [0.1, 0.15) is 6.92 Å². The SMILES string of the molecule is CC(COc1c(-c2ccccc2)c(=O)oc2c(Cl)cccc12)CN1CCOCC1. The molecule has 6 heteroatoms. The fraction of sp³-hybridized carbons (Fsp3) is 0.348. The molecule has 0 spiro atoms. The molecule has 2 aromatic carbocycles. The predicted octanol–water partition coefficient (Wildman–Crippen LogP) is 4.46. The van der Waals surface area contributed by atoms with Gasteiger partial charge in [0, 0.05) is 25.6 Å². The third kappa shape index (κ3) is 4.47. The molecule has 29 heavy (non-hydrogen) atoms. The highest BCUT2D eigenvalue weighted by Gasteiger charge is 2.21. The molecule has 1 aliphatic heterocycles. The van der Waals surface area contributed by atoms with Crippen molar-refractivity contribution in [3.05, 3.63) is 64.0 Å². The van der Waals surface area contributed by atoms with Crippen LogP contribution in [0.4, 0.5) is 0 Å². The van der Waals surface area contributed by atoms with Crippen LogP contribution >= 0.6 is 11.6 Å². The Morgan fingerprint density at radius 2 is 1.86 bits per heavy atom. The summed E-state index contributed by atoms with van der Waals surface area (Å²) in [5.74, 6) is 0.817. The third-order valence-corrected chi connectivity index (χ3v) is 5.38. The predicted molar refractivity (Wildman–Crippen MR) is 115 cm³/mol. The van der Waals surface area contributed by atoms with Crippen molar-refractivity contribution in [2.24, 2.45) is 5.92 Å². The summed E-state index contributed by atoms with van der Waals surface area (Å²) in [5.41, 5.74) is 1.10. The smallest absolute Gasteiger partial charge is 0.348 e. The Kier molecular flexibility index (Phi) is 6.19. The number of rotatable bonds is 6. The number of hydrogen-bond donors (Lipinski definition) is 0. The van der Waals surface area contributed by atoms with Crippen LogP contribution in [0.25, 0.3) is 22.1 Å². The van der Waals surface area contributed by atoms with Crippen LogP contribution in [0.2, 0.25) is 5.02 Å². The molecule has 0 aliphatic carbocycles. The van der Waals surface area contributed by atoms with Crippen molar-refractivity contribution in [3.8, 4) is 16.9 Å². The fourth-order valence-electron chi connectivity index (χ4n) is 3.67. The van der Waals surface area contributed by atoms with Gasteiger partial charge >= 0.3 is 5.63 Å². The first kappa shape index (κ1) is 20.0. The molecule has 2 heterocycles. The molecule has 5 nitrogen and oxygen atoms in total. The topological polar surface area (TPSA) is 51.9 Å². The lowest BCUT2D eigenvalue weighted by molar-refractivity contribution is 0.0284.